The van der Waals surface area contributed by atoms with Gasteiger partial charge in [0, 0.05) is 25.6 Å². The van der Waals surface area contributed by atoms with Crippen LogP contribution in [0.25, 0.3) is 0 Å². The lowest BCUT2D eigenvalue weighted by Gasteiger charge is -2.53. The molecular formula is C19H28N2O3. The predicted molar refractivity (Wildman–Crippen MR) is 91.4 cm³/mol. The Bertz CT molecular complexity index is 541. The first-order chi connectivity index (χ1) is 11.6. The highest BCUT2D eigenvalue weighted by molar-refractivity contribution is 5.77. The van der Waals surface area contributed by atoms with Crippen LogP contribution < -0.4 is 0 Å². The second kappa shape index (κ2) is 7.62. The fourth-order valence-electron chi connectivity index (χ4n) is 3.43. The lowest BCUT2D eigenvalue weighted by atomic mass is 9.84. The molecule has 0 aromatic carbocycles. The average Bonchev–Trinajstić information content (AvgIpc) is 2.57. The van der Waals surface area contributed by atoms with Crippen molar-refractivity contribution in [1.82, 2.24) is 9.88 Å². The van der Waals surface area contributed by atoms with Crippen LogP contribution in [0.1, 0.15) is 45.2 Å². The van der Waals surface area contributed by atoms with Crippen LogP contribution in [0.3, 0.4) is 0 Å². The van der Waals surface area contributed by atoms with Crippen LogP contribution in [0.5, 0.6) is 0 Å². The number of amides is 1. The minimum absolute atomic E-state index is 0.180. The molecule has 2 fully saturated rings. The third-order valence-corrected chi connectivity index (χ3v) is 4.89. The van der Waals surface area contributed by atoms with Gasteiger partial charge in [0.2, 0.25) is 5.91 Å². The van der Waals surface area contributed by atoms with E-state index in [1.807, 2.05) is 23.1 Å². The summed E-state index contributed by atoms with van der Waals surface area (Å²) in [6, 6.07) is 5.86. The molecule has 0 saturated carbocycles. The summed E-state index contributed by atoms with van der Waals surface area (Å²) in [5, 5.41) is 0. The monoisotopic (exact) mass is 332 g/mol. The third kappa shape index (κ3) is 4.33. The van der Waals surface area contributed by atoms with E-state index in [0.29, 0.717) is 38.6 Å². The minimum atomic E-state index is -0.180. The highest BCUT2D eigenvalue weighted by Crippen LogP contribution is 2.36. The summed E-state index contributed by atoms with van der Waals surface area (Å²) in [7, 11) is 0. The van der Waals surface area contributed by atoms with E-state index < -0.39 is 0 Å². The Labute approximate surface area is 144 Å². The minimum Gasteiger partial charge on any atom is -0.372 e. The maximum absolute atomic E-state index is 12.2. The van der Waals surface area contributed by atoms with Crippen LogP contribution in [0.2, 0.25) is 0 Å². The molecule has 5 heteroatoms. The number of carbonyl (C=O) groups excluding carboxylic acids is 1. The zero-order chi connectivity index (χ0) is 17.0. The van der Waals surface area contributed by atoms with Crippen molar-refractivity contribution < 1.29 is 14.3 Å². The maximum Gasteiger partial charge on any atom is 0.222 e. The standard InChI is InChI=1S/C19H28N2O3/c1-15(2)6-7-18(22)21-13-19(14-21)11-17(8-10-24-19)23-12-16-5-3-4-9-20-16/h3-5,9,15,17H,6-8,10-14H2,1-2H3/t17-/m1/s1. The van der Waals surface area contributed by atoms with Crippen LogP contribution in [0.4, 0.5) is 0 Å². The molecule has 1 amide bonds. The van der Waals surface area contributed by atoms with Crippen LogP contribution in [0.15, 0.2) is 24.4 Å². The third-order valence-electron chi connectivity index (χ3n) is 4.89. The van der Waals surface area contributed by atoms with Gasteiger partial charge in [-0.2, -0.15) is 0 Å². The smallest absolute Gasteiger partial charge is 0.222 e. The molecule has 3 rings (SSSR count). The van der Waals surface area contributed by atoms with Crippen LogP contribution in [0, 0.1) is 5.92 Å². The molecule has 3 heterocycles. The SMILES string of the molecule is CC(C)CCC(=O)N1CC2(C[C@H](OCc3ccccn3)CCO2)C1. The van der Waals surface area contributed by atoms with Gasteiger partial charge in [-0.3, -0.25) is 9.78 Å². The highest BCUT2D eigenvalue weighted by Gasteiger charge is 2.49. The van der Waals surface area contributed by atoms with Gasteiger partial charge in [-0.25, -0.2) is 0 Å². The first-order valence-corrected chi connectivity index (χ1v) is 9.00. The number of hydrogen-bond acceptors (Lipinski definition) is 4. The van der Waals surface area contributed by atoms with E-state index in [2.05, 4.69) is 18.8 Å². The molecule has 24 heavy (non-hydrogen) atoms. The van der Waals surface area contributed by atoms with E-state index in [0.717, 1.165) is 25.0 Å². The Morgan fingerprint density at radius 3 is 3.00 bits per heavy atom. The fourth-order valence-corrected chi connectivity index (χ4v) is 3.43. The summed E-state index contributed by atoms with van der Waals surface area (Å²) in [5.74, 6) is 0.828. The lowest BCUT2D eigenvalue weighted by Crippen LogP contribution is -2.67. The van der Waals surface area contributed by atoms with Crippen LogP contribution in [-0.4, -0.2) is 47.2 Å². The molecule has 2 saturated heterocycles. The van der Waals surface area contributed by atoms with Gasteiger partial charge < -0.3 is 14.4 Å². The van der Waals surface area contributed by atoms with Gasteiger partial charge in [-0.15, -0.1) is 0 Å². The molecule has 1 aromatic rings. The van der Waals surface area contributed by atoms with Crippen molar-refractivity contribution in [3.05, 3.63) is 30.1 Å². The van der Waals surface area contributed by atoms with Crippen molar-refractivity contribution in [3.8, 4) is 0 Å². The lowest BCUT2D eigenvalue weighted by molar-refractivity contribution is -0.202. The van der Waals surface area contributed by atoms with E-state index in [4.69, 9.17) is 9.47 Å². The van der Waals surface area contributed by atoms with Crippen molar-refractivity contribution in [2.75, 3.05) is 19.7 Å². The number of hydrogen-bond donors (Lipinski definition) is 0. The fraction of sp³-hybridized carbons (Fsp3) is 0.684. The zero-order valence-corrected chi connectivity index (χ0v) is 14.7. The van der Waals surface area contributed by atoms with E-state index in [9.17, 15) is 4.79 Å². The van der Waals surface area contributed by atoms with Gasteiger partial charge in [0.05, 0.1) is 31.5 Å². The summed E-state index contributed by atoms with van der Waals surface area (Å²) in [5.41, 5.74) is 0.776. The molecule has 0 bridgehead atoms. The molecule has 2 aliphatic rings. The van der Waals surface area contributed by atoms with E-state index >= 15 is 0 Å². The molecule has 1 atom stereocenters. The number of ether oxygens (including phenoxy) is 2. The average molecular weight is 332 g/mol. The van der Waals surface area contributed by atoms with Crippen molar-refractivity contribution in [2.24, 2.45) is 5.92 Å². The van der Waals surface area contributed by atoms with Gasteiger partial charge in [-0.05, 0) is 30.9 Å². The Morgan fingerprint density at radius 1 is 1.46 bits per heavy atom. The number of aromatic nitrogens is 1. The molecular weight excluding hydrogens is 304 g/mol. The number of nitrogens with zero attached hydrogens (tertiary/aromatic N) is 2. The number of pyridine rings is 1. The van der Waals surface area contributed by atoms with Crippen LogP contribution in [-0.2, 0) is 20.9 Å². The highest BCUT2D eigenvalue weighted by atomic mass is 16.5. The molecule has 0 aliphatic carbocycles. The van der Waals surface area contributed by atoms with E-state index in [1.165, 1.54) is 0 Å². The van der Waals surface area contributed by atoms with Crippen molar-refractivity contribution in [1.29, 1.82) is 0 Å². The van der Waals surface area contributed by atoms with Crippen LogP contribution >= 0.6 is 0 Å². The molecule has 0 N–H and O–H groups in total. The van der Waals surface area contributed by atoms with Gasteiger partial charge in [0.25, 0.3) is 0 Å². The number of likely N-dealkylation sites (tertiary alicyclic amines) is 1. The summed E-state index contributed by atoms with van der Waals surface area (Å²) in [6.07, 6.45) is 5.36. The molecule has 1 aromatic heterocycles. The summed E-state index contributed by atoms with van der Waals surface area (Å²) in [6.45, 7) is 6.98. The molecule has 5 nitrogen and oxygen atoms in total. The Kier molecular flexibility index (Phi) is 5.51. The van der Waals surface area contributed by atoms with Gasteiger partial charge in [-0.1, -0.05) is 19.9 Å². The van der Waals surface area contributed by atoms with Crippen molar-refractivity contribution in [2.45, 2.75) is 57.8 Å². The first kappa shape index (κ1) is 17.4. The van der Waals surface area contributed by atoms with Gasteiger partial charge in [0.1, 0.15) is 5.60 Å². The molecule has 2 aliphatic heterocycles. The summed E-state index contributed by atoms with van der Waals surface area (Å²) < 4.78 is 12.0. The van der Waals surface area contributed by atoms with Crippen molar-refractivity contribution >= 4 is 5.91 Å². The summed E-state index contributed by atoms with van der Waals surface area (Å²) >= 11 is 0. The molecule has 1 spiro atoms. The number of carbonyl (C=O) groups is 1. The molecule has 0 radical (unpaired) electrons. The first-order valence-electron chi connectivity index (χ1n) is 9.00. The Morgan fingerprint density at radius 2 is 2.29 bits per heavy atom. The second-order valence-electron chi connectivity index (χ2n) is 7.46. The summed E-state index contributed by atoms with van der Waals surface area (Å²) in [4.78, 5) is 18.4. The quantitative estimate of drug-likeness (QED) is 0.804. The van der Waals surface area contributed by atoms with Gasteiger partial charge in [0.15, 0.2) is 0 Å². The zero-order valence-electron chi connectivity index (χ0n) is 14.7. The Balaban J connectivity index is 1.44. The van der Waals surface area contributed by atoms with E-state index in [1.54, 1.807) is 6.20 Å². The molecule has 0 unspecified atom stereocenters. The van der Waals surface area contributed by atoms with Gasteiger partial charge >= 0.3 is 0 Å². The number of rotatable bonds is 6. The second-order valence-corrected chi connectivity index (χ2v) is 7.46. The Hall–Kier alpha value is -1.46. The predicted octanol–water partition coefficient (Wildman–Crippen LogP) is 2.79. The normalized spacial score (nSPS) is 22.6. The maximum atomic E-state index is 12.2. The largest absolute Gasteiger partial charge is 0.372 e. The van der Waals surface area contributed by atoms with E-state index in [-0.39, 0.29) is 17.6 Å². The van der Waals surface area contributed by atoms with Crippen molar-refractivity contribution in [3.63, 3.8) is 0 Å². The topological polar surface area (TPSA) is 51.7 Å². The molecule has 132 valence electrons.